The number of methoxy groups -OCH3 is 2. The molecule has 3 nitrogen and oxygen atoms in total. The summed E-state index contributed by atoms with van der Waals surface area (Å²) in [5.41, 5.74) is -0.838. The van der Waals surface area contributed by atoms with Gasteiger partial charge in [0.2, 0.25) is 0 Å². The number of hydrogen-bond acceptors (Lipinski definition) is 3. The largest absolute Gasteiger partial charge is 0.497 e. The summed E-state index contributed by atoms with van der Waals surface area (Å²) in [5.74, 6) is 0.887. The van der Waals surface area contributed by atoms with E-state index in [0.717, 1.165) is 0 Å². The Kier molecular flexibility index (Phi) is 4.70. The first-order valence-corrected chi connectivity index (χ1v) is 6.38. The first kappa shape index (κ1) is 15.9. The van der Waals surface area contributed by atoms with Crippen molar-refractivity contribution >= 4 is 11.4 Å². The lowest BCUT2D eigenvalue weighted by Crippen LogP contribution is -2.23. The monoisotopic (exact) mass is 309 g/mol. The summed E-state index contributed by atoms with van der Waals surface area (Å²) in [5, 5.41) is 0. The van der Waals surface area contributed by atoms with E-state index in [0.29, 0.717) is 11.5 Å². The van der Waals surface area contributed by atoms with Gasteiger partial charge >= 0.3 is 6.18 Å². The van der Waals surface area contributed by atoms with Gasteiger partial charge in [0.25, 0.3) is 0 Å². The number of rotatable bonds is 4. The summed E-state index contributed by atoms with van der Waals surface area (Å²) >= 11 is 0. The van der Waals surface area contributed by atoms with E-state index < -0.39 is 11.9 Å². The first-order valence-electron chi connectivity index (χ1n) is 6.38. The average Bonchev–Trinajstić information content (AvgIpc) is 2.52. The maximum absolute atomic E-state index is 13.3. The maximum atomic E-state index is 13.3. The van der Waals surface area contributed by atoms with Crippen molar-refractivity contribution in [2.24, 2.45) is 4.99 Å². The van der Waals surface area contributed by atoms with Gasteiger partial charge in [-0.3, -0.25) is 0 Å². The minimum Gasteiger partial charge on any atom is -0.497 e. The van der Waals surface area contributed by atoms with Gasteiger partial charge in [0, 0.05) is 5.56 Å². The molecule has 0 fully saturated rings. The summed E-state index contributed by atoms with van der Waals surface area (Å²) in [6, 6.07) is 11.7. The van der Waals surface area contributed by atoms with Gasteiger partial charge in [0.05, 0.1) is 19.9 Å². The van der Waals surface area contributed by atoms with Crippen LogP contribution in [-0.2, 0) is 0 Å². The van der Waals surface area contributed by atoms with Crippen LogP contribution in [0, 0.1) is 0 Å². The number of nitrogens with zero attached hydrogens (tertiary/aromatic N) is 1. The van der Waals surface area contributed by atoms with Crippen LogP contribution in [0.3, 0.4) is 0 Å². The molecule has 0 radical (unpaired) electrons. The Bertz CT molecular complexity index is 664. The van der Waals surface area contributed by atoms with Gasteiger partial charge in [0.1, 0.15) is 11.5 Å². The highest BCUT2D eigenvalue weighted by Crippen LogP contribution is 2.28. The number of ether oxygens (including phenoxy) is 2. The molecule has 6 heteroatoms. The number of halogens is 3. The molecule has 116 valence electrons. The molecule has 2 rings (SSSR count). The van der Waals surface area contributed by atoms with Crippen LogP contribution in [0.2, 0.25) is 0 Å². The summed E-state index contributed by atoms with van der Waals surface area (Å²) in [6.45, 7) is 0. The zero-order valence-electron chi connectivity index (χ0n) is 12.0. The Morgan fingerprint density at radius 1 is 0.909 bits per heavy atom. The van der Waals surface area contributed by atoms with Crippen LogP contribution in [0.15, 0.2) is 53.5 Å². The molecule has 0 unspecified atom stereocenters. The van der Waals surface area contributed by atoms with E-state index in [2.05, 4.69) is 4.99 Å². The standard InChI is InChI=1S/C16H14F3NO2/c1-21-13-8-6-12(7-9-13)20-15(16(17,18)19)11-4-3-5-14(10-11)22-2/h3-10H,1-2H3. The van der Waals surface area contributed by atoms with Gasteiger partial charge in [-0.15, -0.1) is 0 Å². The second-order valence-corrected chi connectivity index (χ2v) is 4.39. The molecule has 0 N–H and O–H groups in total. The van der Waals surface area contributed by atoms with E-state index in [1.54, 1.807) is 18.2 Å². The molecular formula is C16H14F3NO2. The van der Waals surface area contributed by atoms with Crippen LogP contribution < -0.4 is 9.47 Å². The Labute approximate surface area is 126 Å². The van der Waals surface area contributed by atoms with Crippen molar-refractivity contribution in [3.63, 3.8) is 0 Å². The van der Waals surface area contributed by atoms with Crippen LogP contribution in [0.1, 0.15) is 5.56 Å². The predicted octanol–water partition coefficient (Wildman–Crippen LogP) is 4.39. The van der Waals surface area contributed by atoms with Gasteiger partial charge in [-0.25, -0.2) is 4.99 Å². The van der Waals surface area contributed by atoms with E-state index in [-0.39, 0.29) is 11.3 Å². The van der Waals surface area contributed by atoms with Gasteiger partial charge in [-0.2, -0.15) is 13.2 Å². The molecule has 0 spiro atoms. The van der Waals surface area contributed by atoms with Crippen LogP contribution in [0.4, 0.5) is 18.9 Å². The molecule has 0 bridgehead atoms. The third-order valence-electron chi connectivity index (χ3n) is 2.93. The lowest BCUT2D eigenvalue weighted by atomic mass is 10.1. The fourth-order valence-electron chi connectivity index (χ4n) is 1.85. The molecule has 0 atom stereocenters. The molecule has 22 heavy (non-hydrogen) atoms. The van der Waals surface area contributed by atoms with E-state index in [4.69, 9.17) is 9.47 Å². The van der Waals surface area contributed by atoms with Gasteiger partial charge in [0.15, 0.2) is 5.71 Å². The molecule has 0 aliphatic rings. The molecule has 2 aromatic rings. The van der Waals surface area contributed by atoms with Crippen molar-refractivity contribution in [2.45, 2.75) is 6.18 Å². The SMILES string of the molecule is COc1ccc(N=C(c2cccc(OC)c2)C(F)(F)F)cc1. The number of alkyl halides is 3. The molecule has 0 amide bonds. The molecule has 0 aliphatic heterocycles. The highest BCUT2D eigenvalue weighted by atomic mass is 19.4. The zero-order chi connectivity index (χ0) is 16.2. The summed E-state index contributed by atoms with van der Waals surface area (Å²) in [4.78, 5) is 3.73. The van der Waals surface area contributed by atoms with Crippen molar-refractivity contribution in [2.75, 3.05) is 14.2 Å². The third-order valence-corrected chi connectivity index (χ3v) is 2.93. The zero-order valence-corrected chi connectivity index (χ0v) is 12.0. The van der Waals surface area contributed by atoms with Crippen molar-refractivity contribution in [1.82, 2.24) is 0 Å². The van der Waals surface area contributed by atoms with E-state index in [1.165, 1.54) is 44.6 Å². The summed E-state index contributed by atoms with van der Waals surface area (Å²) in [7, 11) is 2.88. The smallest absolute Gasteiger partial charge is 0.433 e. The topological polar surface area (TPSA) is 30.8 Å². The lowest BCUT2D eigenvalue weighted by Gasteiger charge is -2.12. The van der Waals surface area contributed by atoms with Crippen molar-refractivity contribution in [3.8, 4) is 11.5 Å². The van der Waals surface area contributed by atoms with Crippen LogP contribution in [0.5, 0.6) is 11.5 Å². The second kappa shape index (κ2) is 6.51. The second-order valence-electron chi connectivity index (χ2n) is 4.39. The van der Waals surface area contributed by atoms with Crippen LogP contribution in [-0.4, -0.2) is 26.1 Å². The Morgan fingerprint density at radius 2 is 1.55 bits per heavy atom. The van der Waals surface area contributed by atoms with Gasteiger partial charge < -0.3 is 9.47 Å². The minimum absolute atomic E-state index is 0.0531. The van der Waals surface area contributed by atoms with Gasteiger partial charge in [-0.05, 0) is 36.4 Å². The maximum Gasteiger partial charge on any atom is 0.433 e. The Hall–Kier alpha value is -2.50. The molecule has 2 aromatic carbocycles. The predicted molar refractivity (Wildman–Crippen MR) is 78.2 cm³/mol. The van der Waals surface area contributed by atoms with Crippen molar-refractivity contribution in [1.29, 1.82) is 0 Å². The average molecular weight is 309 g/mol. The number of benzene rings is 2. The van der Waals surface area contributed by atoms with E-state index >= 15 is 0 Å². The Balaban J connectivity index is 2.47. The summed E-state index contributed by atoms with van der Waals surface area (Å²) < 4.78 is 49.8. The van der Waals surface area contributed by atoms with Crippen LogP contribution >= 0.6 is 0 Å². The molecule has 0 saturated heterocycles. The van der Waals surface area contributed by atoms with E-state index in [9.17, 15) is 13.2 Å². The van der Waals surface area contributed by atoms with Gasteiger partial charge in [-0.1, -0.05) is 12.1 Å². The lowest BCUT2D eigenvalue weighted by molar-refractivity contribution is -0.0579. The van der Waals surface area contributed by atoms with Crippen molar-refractivity contribution in [3.05, 3.63) is 54.1 Å². The third kappa shape index (κ3) is 3.78. The quantitative estimate of drug-likeness (QED) is 0.784. The first-order chi connectivity index (χ1) is 10.4. The van der Waals surface area contributed by atoms with E-state index in [1.807, 2.05) is 0 Å². The normalized spacial score (nSPS) is 12.1. The summed E-state index contributed by atoms with van der Waals surface area (Å²) in [6.07, 6.45) is -4.58. The molecular weight excluding hydrogens is 295 g/mol. The Morgan fingerprint density at radius 3 is 2.09 bits per heavy atom. The highest BCUT2D eigenvalue weighted by Gasteiger charge is 2.37. The van der Waals surface area contributed by atoms with Crippen molar-refractivity contribution < 1.29 is 22.6 Å². The number of hydrogen-bond donors (Lipinski definition) is 0. The molecule has 0 aromatic heterocycles. The highest BCUT2D eigenvalue weighted by molar-refractivity contribution is 6.06. The fraction of sp³-hybridized carbons (Fsp3) is 0.188. The molecule has 0 saturated carbocycles. The van der Waals surface area contributed by atoms with Crippen LogP contribution in [0.25, 0.3) is 0 Å². The minimum atomic E-state index is -4.58. The number of aliphatic imine (C=N–C) groups is 1. The molecule has 0 heterocycles. The fourth-order valence-corrected chi connectivity index (χ4v) is 1.85. The molecule has 0 aliphatic carbocycles.